The number of hydrogen-bond donors (Lipinski definition) is 1. The molecule has 3 aromatic rings. The lowest BCUT2D eigenvalue weighted by Crippen LogP contribution is -2.47. The van der Waals surface area contributed by atoms with Crippen LogP contribution in [-0.2, 0) is 14.3 Å². The molecular formula is C26H24ClFN4O6. The van der Waals surface area contributed by atoms with Gasteiger partial charge in [0.1, 0.15) is 17.4 Å². The van der Waals surface area contributed by atoms with Crippen LogP contribution >= 0.6 is 11.8 Å². The van der Waals surface area contributed by atoms with Gasteiger partial charge >= 0.3 is 12.0 Å². The summed E-state index contributed by atoms with van der Waals surface area (Å²) in [6.07, 6.45) is 1.14. The second kappa shape index (κ2) is 11.4. The Bertz CT molecular complexity index is 1420. The number of hydrogen-bond acceptors (Lipinski definition) is 6. The summed E-state index contributed by atoms with van der Waals surface area (Å²) in [5.74, 6) is -2.28. The Morgan fingerprint density at radius 2 is 1.82 bits per heavy atom. The number of aromatic nitrogens is 1. The van der Waals surface area contributed by atoms with E-state index in [0.29, 0.717) is 5.69 Å². The van der Waals surface area contributed by atoms with Crippen LogP contribution in [0.2, 0.25) is 0 Å². The fourth-order valence-corrected chi connectivity index (χ4v) is 4.35. The van der Waals surface area contributed by atoms with Gasteiger partial charge in [-0.2, -0.15) is 0 Å². The van der Waals surface area contributed by atoms with Crippen LogP contribution in [0.1, 0.15) is 16.8 Å². The van der Waals surface area contributed by atoms with Crippen LogP contribution in [-0.4, -0.2) is 60.3 Å². The molecule has 1 N–H and O–H groups in total. The quantitative estimate of drug-likeness (QED) is 0.377. The van der Waals surface area contributed by atoms with Crippen molar-refractivity contribution in [2.75, 3.05) is 30.5 Å². The number of anilines is 2. The number of ether oxygens (including phenoxy) is 2. The number of likely N-dealkylation sites (tertiary alicyclic amines) is 1. The van der Waals surface area contributed by atoms with E-state index in [1.54, 1.807) is 30.3 Å². The van der Waals surface area contributed by atoms with Crippen LogP contribution in [0.25, 0.3) is 5.69 Å². The molecule has 1 fully saturated rings. The van der Waals surface area contributed by atoms with Gasteiger partial charge in [-0.15, -0.1) is 0 Å². The molecule has 0 radical (unpaired) electrons. The van der Waals surface area contributed by atoms with Crippen LogP contribution in [0.4, 0.5) is 20.6 Å². The first-order chi connectivity index (χ1) is 18.2. The number of amides is 3. The SMILES string of the molecule is COC(=O)c1cccn(-c2ccc(NC(=O)C3CC(OC)CN3C(=O)N(Cl)c3ccccc3)c(F)c2)c1=O. The molecule has 4 rings (SSSR count). The molecule has 12 heteroatoms. The highest BCUT2D eigenvalue weighted by molar-refractivity contribution is 6.36. The molecule has 2 unspecified atom stereocenters. The number of urea groups is 1. The molecule has 10 nitrogen and oxygen atoms in total. The highest BCUT2D eigenvalue weighted by atomic mass is 35.5. The Morgan fingerprint density at radius 3 is 2.47 bits per heavy atom. The molecule has 2 heterocycles. The minimum Gasteiger partial charge on any atom is -0.465 e. The molecule has 1 aromatic heterocycles. The first-order valence-electron chi connectivity index (χ1n) is 11.5. The average molecular weight is 543 g/mol. The Hall–Kier alpha value is -4.22. The van der Waals surface area contributed by atoms with E-state index in [1.807, 2.05) is 0 Å². The summed E-state index contributed by atoms with van der Waals surface area (Å²) in [5, 5.41) is 2.51. The average Bonchev–Trinajstić information content (AvgIpc) is 3.38. The molecule has 0 saturated carbocycles. The second-order valence-corrected chi connectivity index (χ2v) is 8.74. The van der Waals surface area contributed by atoms with Gasteiger partial charge in [0.15, 0.2) is 0 Å². The van der Waals surface area contributed by atoms with Gasteiger partial charge in [0.05, 0.1) is 30.3 Å². The summed E-state index contributed by atoms with van der Waals surface area (Å²) in [4.78, 5) is 52.0. The summed E-state index contributed by atoms with van der Waals surface area (Å²) >= 11 is 6.26. The fraction of sp³-hybridized carbons (Fsp3) is 0.231. The van der Waals surface area contributed by atoms with Crippen molar-refractivity contribution in [3.8, 4) is 5.69 Å². The largest absolute Gasteiger partial charge is 0.465 e. The van der Waals surface area contributed by atoms with Crippen LogP contribution in [0, 0.1) is 5.82 Å². The number of pyridine rings is 1. The van der Waals surface area contributed by atoms with Gasteiger partial charge < -0.3 is 19.7 Å². The molecule has 2 aromatic carbocycles. The molecule has 38 heavy (non-hydrogen) atoms. The lowest BCUT2D eigenvalue weighted by molar-refractivity contribution is -0.119. The molecule has 1 aliphatic heterocycles. The van der Waals surface area contributed by atoms with Gasteiger partial charge in [-0.3, -0.25) is 14.2 Å². The summed E-state index contributed by atoms with van der Waals surface area (Å²) in [7, 11) is 2.62. The molecule has 2 atom stereocenters. The molecule has 1 saturated heterocycles. The molecule has 0 spiro atoms. The van der Waals surface area contributed by atoms with E-state index >= 15 is 4.39 Å². The normalized spacial score (nSPS) is 16.7. The van der Waals surface area contributed by atoms with E-state index in [0.717, 1.165) is 22.2 Å². The lowest BCUT2D eigenvalue weighted by atomic mass is 10.1. The number of benzene rings is 2. The Morgan fingerprint density at radius 1 is 1.08 bits per heavy atom. The summed E-state index contributed by atoms with van der Waals surface area (Å²) in [5.41, 5.74) is -0.503. The maximum absolute atomic E-state index is 15.0. The molecule has 0 bridgehead atoms. The van der Waals surface area contributed by atoms with Crippen LogP contribution in [0.15, 0.2) is 71.7 Å². The second-order valence-electron chi connectivity index (χ2n) is 8.40. The highest BCUT2D eigenvalue weighted by Crippen LogP contribution is 2.27. The molecule has 198 valence electrons. The number of esters is 1. The number of para-hydroxylation sites is 1. The number of halogens is 2. The third-order valence-electron chi connectivity index (χ3n) is 6.14. The molecular weight excluding hydrogens is 519 g/mol. The standard InChI is InChI=1S/C26H24ClFN4O6/c1-37-18-14-22(31(15-18)26(36)32(27)16-7-4-3-5-8-16)23(33)29-21-11-10-17(13-20(21)28)30-12-6-9-19(24(30)34)25(35)38-2/h3-13,18,22H,14-15H2,1-2H3,(H,29,33). The van der Waals surface area contributed by atoms with Gasteiger partial charge in [0.25, 0.3) is 5.56 Å². The predicted octanol–water partition coefficient (Wildman–Crippen LogP) is 3.57. The summed E-state index contributed by atoms with van der Waals surface area (Å²) in [6, 6.07) is 13.4. The van der Waals surface area contributed by atoms with E-state index in [9.17, 15) is 19.2 Å². The number of nitrogens with one attached hydrogen (secondary N) is 1. The number of carbonyl (C=O) groups excluding carboxylic acids is 3. The van der Waals surface area contributed by atoms with E-state index in [-0.39, 0.29) is 29.9 Å². The minimum absolute atomic E-state index is 0.115. The first-order valence-corrected chi connectivity index (χ1v) is 11.8. The molecule has 0 aliphatic carbocycles. The number of rotatable bonds is 6. The van der Waals surface area contributed by atoms with Gasteiger partial charge in [-0.25, -0.2) is 18.4 Å². The molecule has 1 aliphatic rings. The third kappa shape index (κ3) is 5.38. The van der Waals surface area contributed by atoms with Crippen LogP contribution < -0.4 is 15.3 Å². The summed E-state index contributed by atoms with van der Waals surface area (Å²) < 4.78 is 27.0. The van der Waals surface area contributed by atoms with Crippen molar-refractivity contribution in [2.45, 2.75) is 18.6 Å². The highest BCUT2D eigenvalue weighted by Gasteiger charge is 2.41. The van der Waals surface area contributed by atoms with Crippen molar-refractivity contribution in [3.63, 3.8) is 0 Å². The van der Waals surface area contributed by atoms with Crippen molar-refractivity contribution >= 4 is 41.1 Å². The van der Waals surface area contributed by atoms with Crippen molar-refractivity contribution in [1.82, 2.24) is 9.47 Å². The zero-order valence-corrected chi connectivity index (χ0v) is 21.2. The van der Waals surface area contributed by atoms with Gasteiger partial charge in [0.2, 0.25) is 5.91 Å². The number of nitrogens with zero attached hydrogens (tertiary/aromatic N) is 3. The van der Waals surface area contributed by atoms with Crippen LogP contribution in [0.3, 0.4) is 0 Å². The minimum atomic E-state index is -0.976. The zero-order valence-electron chi connectivity index (χ0n) is 20.5. The van der Waals surface area contributed by atoms with Gasteiger partial charge in [-0.1, -0.05) is 18.2 Å². The van der Waals surface area contributed by atoms with Gasteiger partial charge in [0, 0.05) is 44.1 Å². The van der Waals surface area contributed by atoms with Crippen molar-refractivity contribution < 1.29 is 28.2 Å². The topological polar surface area (TPSA) is 110 Å². The maximum atomic E-state index is 15.0. The monoisotopic (exact) mass is 542 g/mol. The first kappa shape index (κ1) is 26.8. The van der Waals surface area contributed by atoms with Crippen molar-refractivity contribution in [2.24, 2.45) is 0 Å². The van der Waals surface area contributed by atoms with E-state index in [1.165, 1.54) is 42.5 Å². The van der Waals surface area contributed by atoms with Crippen LogP contribution in [0.5, 0.6) is 0 Å². The van der Waals surface area contributed by atoms with Crippen molar-refractivity contribution in [1.29, 1.82) is 0 Å². The van der Waals surface area contributed by atoms with E-state index < -0.39 is 41.4 Å². The Labute approximate surface area is 222 Å². The molecule has 3 amide bonds. The smallest absolute Gasteiger partial charge is 0.343 e. The van der Waals surface area contributed by atoms with Crippen molar-refractivity contribution in [3.05, 3.63) is 88.6 Å². The number of carbonyl (C=O) groups is 3. The maximum Gasteiger partial charge on any atom is 0.343 e. The fourth-order valence-electron chi connectivity index (χ4n) is 4.14. The third-order valence-corrected chi connectivity index (χ3v) is 6.48. The summed E-state index contributed by atoms with van der Waals surface area (Å²) in [6.45, 7) is 0.115. The zero-order chi connectivity index (χ0) is 27.4. The number of methoxy groups -OCH3 is 2. The Balaban J connectivity index is 1.55. The predicted molar refractivity (Wildman–Crippen MR) is 138 cm³/mol. The lowest BCUT2D eigenvalue weighted by Gasteiger charge is -2.27. The van der Waals surface area contributed by atoms with E-state index in [4.69, 9.17) is 16.5 Å². The van der Waals surface area contributed by atoms with E-state index in [2.05, 4.69) is 10.1 Å². The Kier molecular flexibility index (Phi) is 8.08. The van der Waals surface area contributed by atoms with Gasteiger partial charge in [-0.05, 0) is 36.4 Å².